The number of carbonyl (C=O) groups is 1. The highest BCUT2D eigenvalue weighted by atomic mass is 16.5. The highest BCUT2D eigenvalue weighted by Gasteiger charge is 2.14. The van der Waals surface area contributed by atoms with Crippen molar-refractivity contribution in [1.29, 1.82) is 0 Å². The predicted octanol–water partition coefficient (Wildman–Crippen LogP) is 2.94. The molecule has 0 unspecified atom stereocenters. The van der Waals surface area contributed by atoms with Gasteiger partial charge in [0, 0.05) is 24.3 Å². The lowest BCUT2D eigenvalue weighted by Gasteiger charge is -2.21. The lowest BCUT2D eigenvalue weighted by atomic mass is 10.1. The number of nitrogens with two attached hydrogens (primary N) is 1. The van der Waals surface area contributed by atoms with E-state index in [0.717, 1.165) is 17.0 Å². The molecule has 0 saturated heterocycles. The standard InChI is InChI=1S/C17H20N2O2/c1-3-19(12-13-4-8-15(18)9-5-13)17(20)14-6-10-16(21-2)11-7-14/h4-11H,3,12,18H2,1-2H3. The summed E-state index contributed by atoms with van der Waals surface area (Å²) in [6.07, 6.45) is 0. The number of hydrogen-bond acceptors (Lipinski definition) is 3. The summed E-state index contributed by atoms with van der Waals surface area (Å²) < 4.78 is 5.11. The molecule has 0 aliphatic carbocycles. The van der Waals surface area contributed by atoms with Crippen molar-refractivity contribution in [2.75, 3.05) is 19.4 Å². The Balaban J connectivity index is 2.12. The van der Waals surface area contributed by atoms with Gasteiger partial charge in [-0.3, -0.25) is 4.79 Å². The second-order valence-electron chi connectivity index (χ2n) is 4.79. The van der Waals surface area contributed by atoms with Gasteiger partial charge in [-0.2, -0.15) is 0 Å². The van der Waals surface area contributed by atoms with Crippen LogP contribution in [0.3, 0.4) is 0 Å². The van der Waals surface area contributed by atoms with Crippen molar-refractivity contribution in [2.45, 2.75) is 13.5 Å². The Morgan fingerprint density at radius 1 is 1.10 bits per heavy atom. The number of hydrogen-bond donors (Lipinski definition) is 1. The van der Waals surface area contributed by atoms with Crippen molar-refractivity contribution in [3.05, 3.63) is 59.7 Å². The average Bonchev–Trinajstić information content (AvgIpc) is 2.54. The number of carbonyl (C=O) groups excluding carboxylic acids is 1. The smallest absolute Gasteiger partial charge is 0.254 e. The van der Waals surface area contributed by atoms with Crippen LogP contribution in [0.25, 0.3) is 0 Å². The lowest BCUT2D eigenvalue weighted by Crippen LogP contribution is -2.30. The zero-order valence-corrected chi connectivity index (χ0v) is 12.4. The van der Waals surface area contributed by atoms with Gasteiger partial charge < -0.3 is 15.4 Å². The van der Waals surface area contributed by atoms with Crippen LogP contribution in [0.15, 0.2) is 48.5 Å². The maximum Gasteiger partial charge on any atom is 0.254 e. The van der Waals surface area contributed by atoms with Gasteiger partial charge in [0.2, 0.25) is 0 Å². The summed E-state index contributed by atoms with van der Waals surface area (Å²) in [5, 5.41) is 0. The normalized spacial score (nSPS) is 10.2. The van der Waals surface area contributed by atoms with Crippen LogP contribution in [0.2, 0.25) is 0 Å². The molecule has 0 bridgehead atoms. The van der Waals surface area contributed by atoms with Crippen molar-refractivity contribution in [3.63, 3.8) is 0 Å². The van der Waals surface area contributed by atoms with Gasteiger partial charge in [0.05, 0.1) is 7.11 Å². The molecule has 0 fully saturated rings. The van der Waals surface area contributed by atoms with Crippen LogP contribution in [-0.4, -0.2) is 24.5 Å². The minimum absolute atomic E-state index is 0.0111. The Kier molecular flexibility index (Phi) is 4.82. The zero-order chi connectivity index (χ0) is 15.2. The molecule has 0 aliphatic rings. The van der Waals surface area contributed by atoms with E-state index in [0.29, 0.717) is 18.7 Å². The van der Waals surface area contributed by atoms with Crippen molar-refractivity contribution >= 4 is 11.6 Å². The molecule has 0 saturated carbocycles. The second-order valence-corrected chi connectivity index (χ2v) is 4.79. The van der Waals surface area contributed by atoms with Gasteiger partial charge in [-0.05, 0) is 48.9 Å². The van der Waals surface area contributed by atoms with Crippen molar-refractivity contribution in [2.24, 2.45) is 0 Å². The molecule has 0 aromatic heterocycles. The number of nitrogen functional groups attached to an aromatic ring is 1. The first-order valence-electron chi connectivity index (χ1n) is 6.91. The zero-order valence-electron chi connectivity index (χ0n) is 12.4. The van der Waals surface area contributed by atoms with Gasteiger partial charge in [0.15, 0.2) is 0 Å². The van der Waals surface area contributed by atoms with Crippen molar-refractivity contribution < 1.29 is 9.53 Å². The molecule has 0 heterocycles. The molecule has 0 radical (unpaired) electrons. The number of nitrogens with zero attached hydrogens (tertiary/aromatic N) is 1. The fourth-order valence-corrected chi connectivity index (χ4v) is 2.09. The van der Waals surface area contributed by atoms with E-state index in [4.69, 9.17) is 10.5 Å². The van der Waals surface area contributed by atoms with Crippen LogP contribution < -0.4 is 10.5 Å². The van der Waals surface area contributed by atoms with E-state index in [1.165, 1.54) is 0 Å². The van der Waals surface area contributed by atoms with Crippen LogP contribution in [0.5, 0.6) is 5.75 Å². The number of ether oxygens (including phenoxy) is 1. The number of amides is 1. The first kappa shape index (κ1) is 14.9. The topological polar surface area (TPSA) is 55.6 Å². The SMILES string of the molecule is CCN(Cc1ccc(N)cc1)C(=O)c1ccc(OC)cc1. The molecule has 4 nitrogen and oxygen atoms in total. The Labute approximate surface area is 125 Å². The molecule has 2 aromatic carbocycles. The molecule has 2 rings (SSSR count). The van der Waals surface area contributed by atoms with Crippen LogP contribution >= 0.6 is 0 Å². The van der Waals surface area contributed by atoms with E-state index in [1.54, 1.807) is 36.3 Å². The maximum absolute atomic E-state index is 12.5. The first-order chi connectivity index (χ1) is 10.1. The monoisotopic (exact) mass is 284 g/mol. The summed E-state index contributed by atoms with van der Waals surface area (Å²) >= 11 is 0. The molecule has 0 aliphatic heterocycles. The lowest BCUT2D eigenvalue weighted by molar-refractivity contribution is 0.0752. The second kappa shape index (κ2) is 6.79. The van der Waals surface area contributed by atoms with E-state index >= 15 is 0 Å². The third-order valence-corrected chi connectivity index (χ3v) is 3.36. The van der Waals surface area contributed by atoms with Crippen LogP contribution in [0.4, 0.5) is 5.69 Å². The Morgan fingerprint density at radius 2 is 1.71 bits per heavy atom. The summed E-state index contributed by atoms with van der Waals surface area (Å²) in [5.41, 5.74) is 8.12. The quantitative estimate of drug-likeness (QED) is 0.859. The van der Waals surface area contributed by atoms with E-state index in [-0.39, 0.29) is 5.91 Å². The molecule has 4 heteroatoms. The Bertz CT molecular complexity index is 591. The molecule has 21 heavy (non-hydrogen) atoms. The molecular formula is C17H20N2O2. The molecular weight excluding hydrogens is 264 g/mol. The van der Waals surface area contributed by atoms with E-state index < -0.39 is 0 Å². The summed E-state index contributed by atoms with van der Waals surface area (Å²) in [7, 11) is 1.61. The maximum atomic E-state index is 12.5. The number of benzene rings is 2. The third kappa shape index (κ3) is 3.75. The Hall–Kier alpha value is -2.49. The van der Waals surface area contributed by atoms with Crippen molar-refractivity contribution in [3.8, 4) is 5.75 Å². The van der Waals surface area contributed by atoms with Gasteiger partial charge in [-0.15, -0.1) is 0 Å². The molecule has 2 aromatic rings. The van der Waals surface area contributed by atoms with Crippen molar-refractivity contribution in [1.82, 2.24) is 4.90 Å². The van der Waals surface area contributed by atoms with Crippen LogP contribution in [0, 0.1) is 0 Å². The first-order valence-corrected chi connectivity index (χ1v) is 6.91. The fraction of sp³-hybridized carbons (Fsp3) is 0.235. The van der Waals surface area contributed by atoms with Crippen LogP contribution in [0.1, 0.15) is 22.8 Å². The molecule has 110 valence electrons. The molecule has 2 N–H and O–H groups in total. The number of methoxy groups -OCH3 is 1. The van der Waals surface area contributed by atoms with Gasteiger partial charge in [0.25, 0.3) is 5.91 Å². The number of rotatable bonds is 5. The minimum atomic E-state index is 0.0111. The summed E-state index contributed by atoms with van der Waals surface area (Å²) in [4.78, 5) is 14.3. The Morgan fingerprint density at radius 3 is 2.24 bits per heavy atom. The van der Waals surface area contributed by atoms with E-state index in [2.05, 4.69) is 0 Å². The molecule has 1 amide bonds. The predicted molar refractivity (Wildman–Crippen MR) is 84.3 cm³/mol. The minimum Gasteiger partial charge on any atom is -0.497 e. The summed E-state index contributed by atoms with van der Waals surface area (Å²) in [5.74, 6) is 0.755. The highest BCUT2D eigenvalue weighted by molar-refractivity contribution is 5.94. The van der Waals surface area contributed by atoms with Gasteiger partial charge in [-0.1, -0.05) is 12.1 Å². The highest BCUT2D eigenvalue weighted by Crippen LogP contribution is 2.15. The van der Waals surface area contributed by atoms with E-state index in [1.807, 2.05) is 31.2 Å². The van der Waals surface area contributed by atoms with Gasteiger partial charge in [0.1, 0.15) is 5.75 Å². The summed E-state index contributed by atoms with van der Waals surface area (Å²) in [6, 6.07) is 14.7. The summed E-state index contributed by atoms with van der Waals surface area (Å²) in [6.45, 7) is 3.19. The van der Waals surface area contributed by atoms with E-state index in [9.17, 15) is 4.79 Å². The fourth-order valence-electron chi connectivity index (χ4n) is 2.09. The molecule has 0 atom stereocenters. The largest absolute Gasteiger partial charge is 0.497 e. The molecule has 0 spiro atoms. The average molecular weight is 284 g/mol. The van der Waals surface area contributed by atoms with Gasteiger partial charge >= 0.3 is 0 Å². The number of anilines is 1. The van der Waals surface area contributed by atoms with Crippen LogP contribution in [-0.2, 0) is 6.54 Å². The van der Waals surface area contributed by atoms with Gasteiger partial charge in [-0.25, -0.2) is 0 Å². The third-order valence-electron chi connectivity index (χ3n) is 3.36.